The van der Waals surface area contributed by atoms with E-state index in [2.05, 4.69) is 113 Å². The van der Waals surface area contributed by atoms with Crippen molar-refractivity contribution in [2.24, 2.45) is 11.8 Å². The van der Waals surface area contributed by atoms with Crippen molar-refractivity contribution in [1.82, 2.24) is 15.2 Å². The van der Waals surface area contributed by atoms with E-state index in [0.29, 0.717) is 11.8 Å². The van der Waals surface area contributed by atoms with E-state index in [9.17, 15) is 0 Å². The Labute approximate surface area is 304 Å². The van der Waals surface area contributed by atoms with Crippen molar-refractivity contribution in [1.29, 1.82) is 0 Å². The second kappa shape index (κ2) is 14.4. The minimum atomic E-state index is -1.06. The number of methoxy groups -OCH3 is 1. The molecule has 3 saturated heterocycles. The number of hydrogen-bond donors (Lipinski definition) is 1. The van der Waals surface area contributed by atoms with Crippen molar-refractivity contribution in [3.63, 3.8) is 0 Å². The summed E-state index contributed by atoms with van der Waals surface area (Å²) in [7, 11) is 0.638. The molecule has 5 aromatic rings. The lowest BCUT2D eigenvalue weighted by Gasteiger charge is -2.51. The summed E-state index contributed by atoms with van der Waals surface area (Å²) in [5, 5.41) is 8.45. The Morgan fingerprint density at radius 1 is 0.922 bits per heavy atom. The van der Waals surface area contributed by atoms with E-state index in [4.69, 9.17) is 9.72 Å². The van der Waals surface area contributed by atoms with Gasteiger partial charge in [0.25, 0.3) is 5.91 Å². The van der Waals surface area contributed by atoms with Crippen LogP contribution in [0.5, 0.6) is 5.75 Å². The molecule has 0 radical (unpaired) electrons. The zero-order chi connectivity index (χ0) is 36.0. The van der Waals surface area contributed by atoms with E-state index in [0.717, 1.165) is 59.0 Å². The van der Waals surface area contributed by atoms with Gasteiger partial charge in [0.05, 0.1) is 18.7 Å². The Hall–Kier alpha value is -4.31. The summed E-state index contributed by atoms with van der Waals surface area (Å²) >= 11 is 0. The molecule has 0 saturated carbocycles. The van der Waals surface area contributed by atoms with Crippen LogP contribution in [0.15, 0.2) is 91.6 Å². The van der Waals surface area contributed by atoms with E-state index < -0.39 is 7.92 Å². The molecule has 51 heavy (non-hydrogen) atoms. The lowest BCUT2D eigenvalue weighted by Crippen LogP contribution is -2.57. The predicted octanol–water partition coefficient (Wildman–Crippen LogP) is 8.22. The first kappa shape index (κ1) is 35.1. The zero-order valence-electron chi connectivity index (χ0n) is 31.1. The molecule has 5 nitrogen and oxygen atoms in total. The van der Waals surface area contributed by atoms with Gasteiger partial charge in [-0.15, -0.1) is 6.58 Å². The Morgan fingerprint density at radius 3 is 2.16 bits per heavy atom. The molecule has 3 aliphatic rings. The van der Waals surface area contributed by atoms with E-state index in [1.165, 1.54) is 44.0 Å². The fourth-order valence-corrected chi connectivity index (χ4v) is 12.2. The van der Waals surface area contributed by atoms with Crippen LogP contribution in [0.1, 0.15) is 68.2 Å². The molecule has 5 atom stereocenters. The number of aryl methyl sites for hydroxylation is 6. The second-order valence-electron chi connectivity index (χ2n) is 14.8. The highest BCUT2D eigenvalue weighted by atomic mass is 31.1. The van der Waals surface area contributed by atoms with E-state index >= 15 is 4.79 Å². The topological polar surface area (TPSA) is 54.5 Å². The molecule has 262 valence electrons. The van der Waals surface area contributed by atoms with Gasteiger partial charge in [-0.3, -0.25) is 14.7 Å². The molecule has 1 aromatic heterocycles. The first-order valence-electron chi connectivity index (χ1n) is 18.2. The highest BCUT2D eigenvalue weighted by Crippen LogP contribution is 2.43. The average molecular weight is 696 g/mol. The molecule has 1 amide bonds. The maximum absolute atomic E-state index is 15.1. The molecule has 1 N–H and O–H groups in total. The van der Waals surface area contributed by atoms with Crippen LogP contribution < -0.4 is 26.0 Å². The van der Waals surface area contributed by atoms with Crippen LogP contribution >= 0.6 is 7.92 Å². The monoisotopic (exact) mass is 695 g/mol. The summed E-state index contributed by atoms with van der Waals surface area (Å²) in [6.07, 6.45) is 6.19. The number of pyridine rings is 1. The van der Waals surface area contributed by atoms with Crippen LogP contribution in [0.25, 0.3) is 10.9 Å². The van der Waals surface area contributed by atoms with Gasteiger partial charge in [0.2, 0.25) is 0 Å². The molecule has 4 heterocycles. The van der Waals surface area contributed by atoms with E-state index in [1.807, 2.05) is 30.5 Å². The number of rotatable bonds is 9. The lowest BCUT2D eigenvalue weighted by atomic mass is 9.73. The van der Waals surface area contributed by atoms with Gasteiger partial charge in [0.1, 0.15) is 5.75 Å². The van der Waals surface area contributed by atoms with Crippen LogP contribution in [0, 0.1) is 53.4 Å². The van der Waals surface area contributed by atoms with Crippen LogP contribution in [0.3, 0.4) is 0 Å². The molecule has 1 unspecified atom stereocenters. The van der Waals surface area contributed by atoms with Gasteiger partial charge in [0, 0.05) is 29.7 Å². The van der Waals surface area contributed by atoms with Gasteiger partial charge < -0.3 is 10.1 Å². The summed E-state index contributed by atoms with van der Waals surface area (Å²) in [5.74, 6) is 1.78. The number of nitrogens with one attached hydrogen (secondary N) is 1. The fraction of sp³-hybridized carbons (Fsp3) is 0.333. The first-order chi connectivity index (χ1) is 24.6. The second-order valence-corrected chi connectivity index (χ2v) is 16.9. The number of amides is 1. The van der Waals surface area contributed by atoms with Crippen molar-refractivity contribution < 1.29 is 9.53 Å². The van der Waals surface area contributed by atoms with Gasteiger partial charge in [-0.25, -0.2) is 0 Å². The Morgan fingerprint density at radius 2 is 1.57 bits per heavy atom. The third-order valence-corrected chi connectivity index (χ3v) is 14.4. The third-order valence-electron chi connectivity index (χ3n) is 11.3. The molecule has 8 rings (SSSR count). The summed E-state index contributed by atoms with van der Waals surface area (Å²) in [5.41, 5.74) is 10.3. The molecular formula is C45H50N3O2P. The van der Waals surface area contributed by atoms with Crippen molar-refractivity contribution in [2.75, 3.05) is 20.2 Å². The maximum atomic E-state index is 15.1. The summed E-state index contributed by atoms with van der Waals surface area (Å²) in [6, 6.07) is 25.5. The minimum absolute atomic E-state index is 0.0382. The maximum Gasteiger partial charge on any atom is 0.252 e. The molecule has 0 aliphatic carbocycles. The van der Waals surface area contributed by atoms with E-state index in [1.54, 1.807) is 7.11 Å². The highest BCUT2D eigenvalue weighted by Gasteiger charge is 2.43. The standard InChI is InChI=1S/C45H50N3O2P/c1-9-33-26-48-19-17-34(33)24-40(48)42(36-16-18-46-39-15-14-35(50-8)25-38(36)39)47-45(49)37-12-10-11-13-41(37)51(43-29(4)20-27(2)21-30(43)5)44-31(6)22-28(3)23-32(44)7/h9-16,18,20-23,25,33-34,40,42H,1,17,19,24,26H2,2-8H3,(H,47,49)/t33-,34-,40-,42-/m0/s1. The molecule has 2 bridgehead atoms. The molecule has 3 aliphatic heterocycles. The average Bonchev–Trinajstić information content (AvgIpc) is 3.12. The van der Waals surface area contributed by atoms with Gasteiger partial charge in [-0.1, -0.05) is 59.7 Å². The van der Waals surface area contributed by atoms with Crippen molar-refractivity contribution >= 4 is 40.6 Å². The van der Waals surface area contributed by atoms with Crippen LogP contribution in [0.4, 0.5) is 0 Å². The van der Waals surface area contributed by atoms with Gasteiger partial charge in [0.15, 0.2) is 0 Å². The largest absolute Gasteiger partial charge is 0.497 e. The molecule has 4 aromatic carbocycles. The van der Waals surface area contributed by atoms with Crippen molar-refractivity contribution in [2.45, 2.75) is 66.5 Å². The zero-order valence-corrected chi connectivity index (χ0v) is 32.0. The number of fused-ring (bicyclic) bond motifs is 4. The highest BCUT2D eigenvalue weighted by molar-refractivity contribution is 7.80. The summed E-state index contributed by atoms with van der Waals surface area (Å²) < 4.78 is 5.68. The van der Waals surface area contributed by atoms with Gasteiger partial charge >= 0.3 is 0 Å². The SMILES string of the molecule is C=C[C@H]1CN2CC[C@H]1C[C@H]2[C@@H](NC(=O)c1ccccc1P(c1c(C)cc(C)cc1C)c1c(C)cc(C)cc1C)c1ccnc2ccc(OC)cc12. The van der Waals surface area contributed by atoms with Crippen LogP contribution in [0.2, 0.25) is 0 Å². The smallest absolute Gasteiger partial charge is 0.252 e. The Kier molecular flexibility index (Phi) is 9.89. The number of benzene rings is 4. The molecule has 0 spiro atoms. The molecule has 6 heteroatoms. The van der Waals surface area contributed by atoms with Crippen LogP contribution in [-0.4, -0.2) is 42.0 Å². The summed E-state index contributed by atoms with van der Waals surface area (Å²) in [6.45, 7) is 19.4. The first-order valence-corrected chi connectivity index (χ1v) is 19.6. The van der Waals surface area contributed by atoms with Crippen LogP contribution in [-0.2, 0) is 0 Å². The number of hydrogen-bond acceptors (Lipinski definition) is 4. The lowest BCUT2D eigenvalue weighted by molar-refractivity contribution is 0.00171. The quantitative estimate of drug-likeness (QED) is 0.125. The number of aromatic nitrogens is 1. The Bertz CT molecular complexity index is 2040. The molecular weight excluding hydrogens is 645 g/mol. The van der Waals surface area contributed by atoms with Gasteiger partial charge in [-0.05, 0) is 155 Å². The third kappa shape index (κ3) is 6.63. The van der Waals surface area contributed by atoms with E-state index in [-0.39, 0.29) is 18.0 Å². The number of piperidine rings is 3. The number of carbonyl (C=O) groups excluding carboxylic acids is 1. The summed E-state index contributed by atoms with van der Waals surface area (Å²) in [4.78, 5) is 22.4. The molecule has 3 fully saturated rings. The van der Waals surface area contributed by atoms with Crippen molar-refractivity contribution in [3.05, 3.63) is 136 Å². The number of nitrogens with zero attached hydrogens (tertiary/aromatic N) is 2. The number of ether oxygens (including phenoxy) is 1. The van der Waals surface area contributed by atoms with Crippen molar-refractivity contribution in [3.8, 4) is 5.75 Å². The fourth-order valence-electron chi connectivity index (χ4n) is 9.13. The minimum Gasteiger partial charge on any atom is -0.497 e. The number of carbonyl (C=O) groups is 1. The Balaban J connectivity index is 1.38. The normalized spacial score (nSPS) is 20.4. The van der Waals surface area contributed by atoms with Gasteiger partial charge in [-0.2, -0.15) is 0 Å². The predicted molar refractivity (Wildman–Crippen MR) is 214 cm³/mol.